The van der Waals surface area contributed by atoms with Crippen LogP contribution in [0, 0.1) is 13.8 Å². The lowest BCUT2D eigenvalue weighted by molar-refractivity contribution is -0.119. The van der Waals surface area contributed by atoms with Gasteiger partial charge in [0.05, 0.1) is 5.37 Å². The van der Waals surface area contributed by atoms with E-state index in [1.807, 2.05) is 0 Å². The highest BCUT2D eigenvalue weighted by molar-refractivity contribution is 7.81. The lowest BCUT2D eigenvalue weighted by atomic mass is 10.1. The summed E-state index contributed by atoms with van der Waals surface area (Å²) in [7, 11) is 0. The number of nitrogens with zero attached hydrogens (tertiary/aromatic N) is 1. The number of nitrogens with two attached hydrogens (primary N) is 2. The third-order valence-corrected chi connectivity index (χ3v) is 2.58. The molecule has 0 spiro atoms. The topological polar surface area (TPSA) is 111 Å². The van der Waals surface area contributed by atoms with Crippen molar-refractivity contribution in [2.45, 2.75) is 25.3 Å². The van der Waals surface area contributed by atoms with E-state index in [1.54, 1.807) is 26.0 Å². The van der Waals surface area contributed by atoms with E-state index in [-0.39, 0.29) is 0 Å². The lowest BCUT2D eigenvalue weighted by Gasteiger charge is -2.18. The number of hydrogen-bond acceptors (Lipinski definition) is 5. The van der Waals surface area contributed by atoms with Crippen LogP contribution >= 0.6 is 12.6 Å². The van der Waals surface area contributed by atoms with Crippen molar-refractivity contribution < 1.29 is 9.59 Å². The molecule has 1 rings (SSSR count). The maximum atomic E-state index is 11.9. The van der Waals surface area contributed by atoms with Crippen LogP contribution in [0.2, 0.25) is 0 Å². The summed E-state index contributed by atoms with van der Waals surface area (Å²) in [6, 6.07) is 2.21. The average molecular weight is 268 g/mol. The minimum absolute atomic E-state index is 0.403. The average Bonchev–Trinajstić information content (AvgIpc) is 2.23. The van der Waals surface area contributed by atoms with Gasteiger partial charge in [0, 0.05) is 17.0 Å². The molecule has 0 bridgehead atoms. The van der Waals surface area contributed by atoms with Crippen LogP contribution in [-0.2, 0) is 4.79 Å². The van der Waals surface area contributed by atoms with Gasteiger partial charge < -0.3 is 16.8 Å². The second-order valence-corrected chi connectivity index (χ2v) is 4.58. The molecular formula is C11H16N4O2S. The summed E-state index contributed by atoms with van der Waals surface area (Å²) in [6.45, 7) is 3.55. The Balaban J connectivity index is 2.90. The number of aryl methyl sites for hydroxylation is 2. The smallest absolute Gasteiger partial charge is 0.252 e. The number of thiol groups is 1. The van der Waals surface area contributed by atoms with Crippen molar-refractivity contribution in [1.29, 1.82) is 0 Å². The lowest BCUT2D eigenvalue weighted by Crippen LogP contribution is -2.52. The standard InChI is InChI=1S/C11H16N4O2S/c1-5-3-7(4-6(2)14-5)11(17)15-8(9(12)16)10(13)18/h3-4,8,10,18H,13H2,1-2H3,(H2,12,16)(H,15,17). The zero-order valence-corrected chi connectivity index (χ0v) is 11.1. The molecule has 2 amide bonds. The van der Waals surface area contributed by atoms with Crippen molar-refractivity contribution >= 4 is 24.4 Å². The highest BCUT2D eigenvalue weighted by atomic mass is 32.1. The largest absolute Gasteiger partial charge is 0.368 e. The van der Waals surface area contributed by atoms with Crippen LogP contribution in [0.15, 0.2) is 12.1 Å². The van der Waals surface area contributed by atoms with Crippen molar-refractivity contribution in [3.8, 4) is 0 Å². The van der Waals surface area contributed by atoms with E-state index in [0.29, 0.717) is 17.0 Å². The van der Waals surface area contributed by atoms with Crippen molar-refractivity contribution in [2.24, 2.45) is 11.5 Å². The molecule has 2 unspecified atom stereocenters. The number of rotatable bonds is 4. The fraction of sp³-hybridized carbons (Fsp3) is 0.364. The molecule has 1 aromatic rings. The zero-order valence-electron chi connectivity index (χ0n) is 10.2. The van der Waals surface area contributed by atoms with E-state index in [4.69, 9.17) is 11.5 Å². The van der Waals surface area contributed by atoms with Gasteiger partial charge in [0.15, 0.2) is 0 Å². The van der Waals surface area contributed by atoms with Gasteiger partial charge in [-0.2, -0.15) is 12.6 Å². The summed E-state index contributed by atoms with van der Waals surface area (Å²) in [5.74, 6) is -1.16. The van der Waals surface area contributed by atoms with E-state index in [2.05, 4.69) is 22.9 Å². The molecule has 0 aliphatic rings. The Morgan fingerprint density at radius 3 is 2.22 bits per heavy atom. The molecule has 6 nitrogen and oxygen atoms in total. The third kappa shape index (κ3) is 3.71. The molecule has 5 N–H and O–H groups in total. The van der Waals surface area contributed by atoms with E-state index in [9.17, 15) is 9.59 Å². The molecule has 18 heavy (non-hydrogen) atoms. The fourth-order valence-electron chi connectivity index (χ4n) is 1.51. The first kappa shape index (κ1) is 14.5. The molecule has 0 aliphatic carbocycles. The minimum atomic E-state index is -1.02. The summed E-state index contributed by atoms with van der Waals surface area (Å²) in [5, 5.41) is 1.59. The minimum Gasteiger partial charge on any atom is -0.368 e. The summed E-state index contributed by atoms with van der Waals surface area (Å²) in [6.07, 6.45) is 0. The summed E-state index contributed by atoms with van der Waals surface area (Å²) in [5.41, 5.74) is 12.4. The predicted octanol–water partition coefficient (Wildman–Crippen LogP) is -0.503. The van der Waals surface area contributed by atoms with Crippen molar-refractivity contribution in [3.05, 3.63) is 29.1 Å². The molecule has 0 saturated heterocycles. The number of primary amides is 1. The van der Waals surface area contributed by atoms with E-state index >= 15 is 0 Å². The first-order valence-corrected chi connectivity index (χ1v) is 5.82. The number of amides is 2. The van der Waals surface area contributed by atoms with E-state index < -0.39 is 23.2 Å². The van der Waals surface area contributed by atoms with E-state index in [0.717, 1.165) is 0 Å². The van der Waals surface area contributed by atoms with E-state index in [1.165, 1.54) is 0 Å². The first-order valence-electron chi connectivity index (χ1n) is 5.30. The molecule has 0 aliphatic heterocycles. The molecule has 0 saturated carbocycles. The number of pyridine rings is 1. The number of carbonyl (C=O) groups excluding carboxylic acids is 2. The normalized spacial score (nSPS) is 13.8. The third-order valence-electron chi connectivity index (χ3n) is 2.28. The molecule has 0 aromatic carbocycles. The predicted molar refractivity (Wildman–Crippen MR) is 71.1 cm³/mol. The van der Waals surface area contributed by atoms with Crippen LogP contribution in [0.25, 0.3) is 0 Å². The van der Waals surface area contributed by atoms with Crippen LogP contribution < -0.4 is 16.8 Å². The van der Waals surface area contributed by atoms with Gasteiger partial charge >= 0.3 is 0 Å². The van der Waals surface area contributed by atoms with Gasteiger partial charge in [0.25, 0.3) is 5.91 Å². The number of nitrogens with one attached hydrogen (secondary N) is 1. The Hall–Kier alpha value is -1.60. The highest BCUT2D eigenvalue weighted by Crippen LogP contribution is 2.06. The maximum Gasteiger partial charge on any atom is 0.252 e. The van der Waals surface area contributed by atoms with Crippen LogP contribution in [0.4, 0.5) is 0 Å². The Morgan fingerprint density at radius 1 is 1.33 bits per heavy atom. The van der Waals surface area contributed by atoms with Crippen molar-refractivity contribution in [2.75, 3.05) is 0 Å². The van der Waals surface area contributed by atoms with Gasteiger partial charge in [0.2, 0.25) is 5.91 Å². The molecule has 0 radical (unpaired) electrons. The Labute approximate surface area is 111 Å². The fourth-order valence-corrected chi connectivity index (χ4v) is 1.74. The van der Waals surface area contributed by atoms with Gasteiger partial charge in [0.1, 0.15) is 6.04 Å². The monoisotopic (exact) mass is 268 g/mol. The quantitative estimate of drug-likeness (QED) is 0.435. The molecule has 0 fully saturated rings. The van der Waals surface area contributed by atoms with Crippen molar-refractivity contribution in [3.63, 3.8) is 0 Å². The number of aromatic nitrogens is 1. The zero-order chi connectivity index (χ0) is 13.9. The number of carbonyl (C=O) groups is 2. The Morgan fingerprint density at radius 2 is 1.83 bits per heavy atom. The maximum absolute atomic E-state index is 11.9. The van der Waals surface area contributed by atoms with Gasteiger partial charge in [-0.25, -0.2) is 0 Å². The number of hydrogen-bond donors (Lipinski definition) is 4. The second kappa shape index (κ2) is 5.83. The van der Waals surface area contributed by atoms with Gasteiger partial charge in [-0.1, -0.05) is 0 Å². The first-order chi connectivity index (χ1) is 8.31. The van der Waals surface area contributed by atoms with Crippen LogP contribution in [-0.4, -0.2) is 28.2 Å². The van der Waals surface area contributed by atoms with Gasteiger partial charge in [-0.3, -0.25) is 14.6 Å². The molecule has 2 atom stereocenters. The summed E-state index contributed by atoms with van der Waals surface area (Å²) >= 11 is 3.91. The molecule has 7 heteroatoms. The summed E-state index contributed by atoms with van der Waals surface area (Å²) < 4.78 is 0. The molecule has 1 aromatic heterocycles. The molecule has 98 valence electrons. The Bertz CT molecular complexity index is 456. The van der Waals surface area contributed by atoms with Gasteiger partial charge in [-0.05, 0) is 26.0 Å². The molecular weight excluding hydrogens is 252 g/mol. The van der Waals surface area contributed by atoms with Crippen LogP contribution in [0.1, 0.15) is 21.7 Å². The SMILES string of the molecule is Cc1cc(C(=O)NC(C(N)=O)C(N)S)cc(C)n1. The van der Waals surface area contributed by atoms with Crippen molar-refractivity contribution in [1.82, 2.24) is 10.3 Å². The van der Waals surface area contributed by atoms with Crippen LogP contribution in [0.5, 0.6) is 0 Å². The highest BCUT2D eigenvalue weighted by Gasteiger charge is 2.23. The summed E-state index contributed by atoms with van der Waals surface area (Å²) in [4.78, 5) is 27.2. The second-order valence-electron chi connectivity index (χ2n) is 3.98. The Kier molecular flexibility index (Phi) is 4.69. The molecule has 1 heterocycles. The van der Waals surface area contributed by atoms with Gasteiger partial charge in [-0.15, -0.1) is 0 Å². The van der Waals surface area contributed by atoms with Crippen LogP contribution in [0.3, 0.4) is 0 Å².